The van der Waals surface area contributed by atoms with Gasteiger partial charge < -0.3 is 11.1 Å². The van der Waals surface area contributed by atoms with E-state index in [0.29, 0.717) is 24.5 Å². The summed E-state index contributed by atoms with van der Waals surface area (Å²) >= 11 is 1.44. The Kier molecular flexibility index (Phi) is 3.41. The summed E-state index contributed by atoms with van der Waals surface area (Å²) in [6.07, 6.45) is 1.36. The Hall–Kier alpha value is -0.730. The molecule has 1 aromatic heterocycles. The average Bonchev–Trinajstić information content (AvgIpc) is 2.75. The second kappa shape index (κ2) is 4.64. The van der Waals surface area contributed by atoms with E-state index < -0.39 is 9.84 Å². The van der Waals surface area contributed by atoms with Crippen LogP contribution in [0.25, 0.3) is 0 Å². The second-order valence-corrected chi connectivity index (χ2v) is 7.07. The molecule has 0 radical (unpaired) electrons. The van der Waals surface area contributed by atoms with Gasteiger partial charge in [0, 0.05) is 12.5 Å². The lowest BCUT2D eigenvalue weighted by molar-refractivity contribution is 0.602. The van der Waals surface area contributed by atoms with Crippen molar-refractivity contribution in [2.75, 3.05) is 23.4 Å². The molecule has 0 amide bonds. The molecular weight excluding hydrogens is 248 g/mol. The molecule has 6 nitrogen and oxygen atoms in total. The van der Waals surface area contributed by atoms with Crippen LogP contribution in [0.3, 0.4) is 0 Å². The predicted molar refractivity (Wildman–Crippen MR) is 63.3 cm³/mol. The van der Waals surface area contributed by atoms with Crippen LogP contribution in [-0.2, 0) is 16.3 Å². The summed E-state index contributed by atoms with van der Waals surface area (Å²) in [6, 6.07) is -0.0244. The Balaban J connectivity index is 1.94. The van der Waals surface area contributed by atoms with Crippen molar-refractivity contribution in [3.63, 3.8) is 0 Å². The van der Waals surface area contributed by atoms with E-state index in [9.17, 15) is 8.42 Å². The maximum Gasteiger partial charge on any atom is 0.205 e. The third-order valence-corrected chi connectivity index (χ3v) is 5.07. The summed E-state index contributed by atoms with van der Waals surface area (Å²) in [4.78, 5) is 0. The van der Waals surface area contributed by atoms with E-state index in [2.05, 4.69) is 15.5 Å². The molecule has 90 valence electrons. The van der Waals surface area contributed by atoms with E-state index in [4.69, 9.17) is 5.73 Å². The average molecular weight is 262 g/mol. The van der Waals surface area contributed by atoms with E-state index in [1.54, 1.807) is 0 Å². The van der Waals surface area contributed by atoms with Crippen molar-refractivity contribution in [3.05, 3.63) is 5.01 Å². The number of nitrogens with one attached hydrogen (secondary N) is 1. The van der Waals surface area contributed by atoms with Crippen LogP contribution < -0.4 is 11.1 Å². The van der Waals surface area contributed by atoms with Gasteiger partial charge in [-0.2, -0.15) is 0 Å². The van der Waals surface area contributed by atoms with E-state index in [1.807, 2.05) is 0 Å². The van der Waals surface area contributed by atoms with Gasteiger partial charge in [-0.1, -0.05) is 11.3 Å². The summed E-state index contributed by atoms with van der Waals surface area (Å²) in [5.74, 6) is 0.456. The second-order valence-electron chi connectivity index (χ2n) is 3.78. The van der Waals surface area contributed by atoms with E-state index in [1.165, 1.54) is 11.3 Å². The van der Waals surface area contributed by atoms with Crippen LogP contribution in [0.4, 0.5) is 5.13 Å². The highest BCUT2D eigenvalue weighted by Crippen LogP contribution is 2.20. The Bertz CT molecular complexity index is 456. The van der Waals surface area contributed by atoms with Gasteiger partial charge in [0.05, 0.1) is 11.5 Å². The standard InChI is InChI=1S/C8H14N4O2S2/c9-3-1-7-11-12-8(15-7)10-6-2-4-16(13,14)5-6/h6H,1-5,9H2,(H,10,12). The molecule has 1 unspecified atom stereocenters. The van der Waals surface area contributed by atoms with Crippen molar-refractivity contribution in [2.45, 2.75) is 18.9 Å². The van der Waals surface area contributed by atoms with Crippen molar-refractivity contribution in [1.82, 2.24) is 10.2 Å². The molecule has 2 rings (SSSR count). The quantitative estimate of drug-likeness (QED) is 0.769. The summed E-state index contributed by atoms with van der Waals surface area (Å²) in [7, 11) is -2.85. The van der Waals surface area contributed by atoms with Crippen LogP contribution in [-0.4, -0.2) is 42.7 Å². The fourth-order valence-electron chi connectivity index (χ4n) is 1.62. The summed E-state index contributed by atoms with van der Waals surface area (Å²) < 4.78 is 22.5. The highest BCUT2D eigenvalue weighted by molar-refractivity contribution is 7.91. The van der Waals surface area contributed by atoms with Gasteiger partial charge in [-0.05, 0) is 13.0 Å². The van der Waals surface area contributed by atoms with Gasteiger partial charge in [-0.3, -0.25) is 0 Å². The zero-order valence-corrected chi connectivity index (χ0v) is 10.4. The molecule has 1 atom stereocenters. The number of anilines is 1. The molecule has 1 fully saturated rings. The molecule has 8 heteroatoms. The minimum absolute atomic E-state index is 0.0244. The minimum Gasteiger partial charge on any atom is -0.356 e. The SMILES string of the molecule is NCCc1nnc(NC2CCS(=O)(=O)C2)s1. The lowest BCUT2D eigenvalue weighted by Crippen LogP contribution is -2.20. The third-order valence-electron chi connectivity index (χ3n) is 2.39. The number of hydrogen-bond acceptors (Lipinski definition) is 7. The molecule has 1 aliphatic rings. The molecule has 2 heterocycles. The van der Waals surface area contributed by atoms with Crippen LogP contribution in [0.1, 0.15) is 11.4 Å². The maximum atomic E-state index is 11.2. The number of sulfone groups is 1. The molecule has 1 saturated heterocycles. The number of nitrogens with zero attached hydrogens (tertiary/aromatic N) is 2. The number of hydrogen-bond donors (Lipinski definition) is 2. The summed E-state index contributed by atoms with van der Waals surface area (Å²) in [5, 5.41) is 12.6. The Morgan fingerprint density at radius 1 is 1.50 bits per heavy atom. The zero-order valence-electron chi connectivity index (χ0n) is 8.72. The smallest absolute Gasteiger partial charge is 0.205 e. The van der Waals surface area contributed by atoms with Crippen LogP contribution in [0.2, 0.25) is 0 Å². The highest BCUT2D eigenvalue weighted by Gasteiger charge is 2.28. The molecule has 1 aromatic rings. The van der Waals surface area contributed by atoms with Gasteiger partial charge in [0.25, 0.3) is 0 Å². The van der Waals surface area contributed by atoms with Crippen LogP contribution in [0.5, 0.6) is 0 Å². The monoisotopic (exact) mass is 262 g/mol. The molecule has 0 saturated carbocycles. The predicted octanol–water partition coefficient (Wildman–Crippen LogP) is -0.362. The van der Waals surface area contributed by atoms with Gasteiger partial charge in [-0.25, -0.2) is 8.42 Å². The van der Waals surface area contributed by atoms with E-state index in [-0.39, 0.29) is 17.5 Å². The van der Waals surface area contributed by atoms with Crippen molar-refractivity contribution >= 4 is 26.3 Å². The lowest BCUT2D eigenvalue weighted by Gasteiger charge is -2.07. The van der Waals surface area contributed by atoms with Crippen LogP contribution in [0, 0.1) is 0 Å². The van der Waals surface area contributed by atoms with Gasteiger partial charge >= 0.3 is 0 Å². The summed E-state index contributed by atoms with van der Waals surface area (Å²) in [5.41, 5.74) is 5.41. The zero-order chi connectivity index (χ0) is 11.6. The number of rotatable bonds is 4. The fourth-order valence-corrected chi connectivity index (χ4v) is 4.13. The molecule has 0 aliphatic carbocycles. The van der Waals surface area contributed by atoms with Crippen molar-refractivity contribution in [2.24, 2.45) is 5.73 Å². The van der Waals surface area contributed by atoms with Gasteiger partial charge in [0.2, 0.25) is 5.13 Å². The first kappa shape index (κ1) is 11.7. The van der Waals surface area contributed by atoms with Crippen molar-refractivity contribution in [1.29, 1.82) is 0 Å². The topological polar surface area (TPSA) is 98.0 Å². The molecule has 16 heavy (non-hydrogen) atoms. The number of aromatic nitrogens is 2. The van der Waals surface area contributed by atoms with Crippen LogP contribution in [0.15, 0.2) is 0 Å². The first-order valence-electron chi connectivity index (χ1n) is 5.08. The minimum atomic E-state index is -2.85. The normalized spacial score (nSPS) is 23.4. The first-order valence-corrected chi connectivity index (χ1v) is 7.72. The van der Waals surface area contributed by atoms with Crippen LogP contribution >= 0.6 is 11.3 Å². The number of nitrogens with two attached hydrogens (primary N) is 1. The maximum absolute atomic E-state index is 11.2. The lowest BCUT2D eigenvalue weighted by atomic mass is 10.3. The largest absolute Gasteiger partial charge is 0.356 e. The Morgan fingerprint density at radius 2 is 2.31 bits per heavy atom. The van der Waals surface area contributed by atoms with Gasteiger partial charge in [0.1, 0.15) is 5.01 Å². The van der Waals surface area contributed by atoms with Crippen molar-refractivity contribution < 1.29 is 8.42 Å². The molecule has 0 spiro atoms. The van der Waals surface area contributed by atoms with Gasteiger partial charge in [0.15, 0.2) is 9.84 Å². The molecule has 1 aliphatic heterocycles. The third kappa shape index (κ3) is 2.89. The molecular formula is C8H14N4O2S2. The van der Waals surface area contributed by atoms with Crippen molar-refractivity contribution in [3.8, 4) is 0 Å². The fraction of sp³-hybridized carbons (Fsp3) is 0.750. The Morgan fingerprint density at radius 3 is 2.94 bits per heavy atom. The van der Waals surface area contributed by atoms with E-state index in [0.717, 1.165) is 5.01 Å². The molecule has 0 bridgehead atoms. The summed E-state index contributed by atoms with van der Waals surface area (Å²) in [6.45, 7) is 0.548. The molecule has 3 N–H and O–H groups in total. The Labute approximate surface area is 98.2 Å². The van der Waals surface area contributed by atoms with E-state index >= 15 is 0 Å². The highest BCUT2D eigenvalue weighted by atomic mass is 32.2. The first-order chi connectivity index (χ1) is 7.59. The van der Waals surface area contributed by atoms with Gasteiger partial charge in [-0.15, -0.1) is 10.2 Å². The molecule has 0 aromatic carbocycles.